The van der Waals surface area contributed by atoms with Crippen LogP contribution < -0.4 is 10.6 Å². The van der Waals surface area contributed by atoms with Gasteiger partial charge in [-0.2, -0.15) is 4.98 Å². The quantitative estimate of drug-likeness (QED) is 0.519. The molecule has 0 bridgehead atoms. The van der Waals surface area contributed by atoms with Crippen LogP contribution in [0.2, 0.25) is 5.02 Å². The van der Waals surface area contributed by atoms with E-state index < -0.39 is 0 Å². The molecule has 3 aromatic rings. The summed E-state index contributed by atoms with van der Waals surface area (Å²) in [6, 6.07) is 11.1. The average molecular weight is 360 g/mol. The van der Waals surface area contributed by atoms with Crippen molar-refractivity contribution < 1.29 is 8.94 Å². The highest BCUT2D eigenvalue weighted by Crippen LogP contribution is 2.18. The van der Waals surface area contributed by atoms with Crippen molar-refractivity contribution in [3.8, 4) is 11.4 Å². The zero-order valence-corrected chi connectivity index (χ0v) is 14.5. The van der Waals surface area contributed by atoms with Crippen LogP contribution >= 0.6 is 11.6 Å². The Hall–Kier alpha value is -2.80. The van der Waals surface area contributed by atoms with Crippen LogP contribution in [-0.4, -0.2) is 29.7 Å². The molecular weight excluding hydrogens is 342 g/mol. The first kappa shape index (κ1) is 17.0. The highest BCUT2D eigenvalue weighted by Gasteiger charge is 2.09. The summed E-state index contributed by atoms with van der Waals surface area (Å²) >= 11 is 5.88. The van der Waals surface area contributed by atoms with Gasteiger partial charge in [0.1, 0.15) is 5.76 Å². The van der Waals surface area contributed by atoms with E-state index in [2.05, 4.69) is 25.8 Å². The number of halogens is 1. The minimum atomic E-state index is 0.376. The van der Waals surface area contributed by atoms with E-state index in [1.165, 1.54) is 0 Å². The molecule has 0 aliphatic rings. The monoisotopic (exact) mass is 359 g/mol. The number of aromatic nitrogens is 2. The second-order valence-electron chi connectivity index (χ2n) is 5.20. The van der Waals surface area contributed by atoms with E-state index in [1.54, 1.807) is 25.4 Å². The molecule has 7 nitrogen and oxygen atoms in total. The number of rotatable bonds is 6. The maximum absolute atomic E-state index is 5.88. The van der Waals surface area contributed by atoms with Gasteiger partial charge in [-0.05, 0) is 36.4 Å². The van der Waals surface area contributed by atoms with E-state index in [4.69, 9.17) is 20.5 Å². The highest BCUT2D eigenvalue weighted by atomic mass is 35.5. The third-order valence-electron chi connectivity index (χ3n) is 3.45. The summed E-state index contributed by atoms with van der Waals surface area (Å²) in [7, 11) is 1.70. The lowest BCUT2D eigenvalue weighted by Crippen LogP contribution is -2.37. The summed E-state index contributed by atoms with van der Waals surface area (Å²) in [5.41, 5.74) is 0.848. The van der Waals surface area contributed by atoms with Crippen molar-refractivity contribution in [2.24, 2.45) is 4.99 Å². The summed E-state index contributed by atoms with van der Waals surface area (Å²) in [5.74, 6) is 2.57. The number of nitrogens with zero attached hydrogens (tertiary/aromatic N) is 3. The summed E-state index contributed by atoms with van der Waals surface area (Å²) < 4.78 is 10.5. The van der Waals surface area contributed by atoms with Gasteiger partial charge in [-0.1, -0.05) is 16.8 Å². The number of nitrogens with one attached hydrogen (secondary N) is 2. The van der Waals surface area contributed by atoms with Crippen molar-refractivity contribution in [3.63, 3.8) is 0 Å². The van der Waals surface area contributed by atoms with E-state index in [0.717, 1.165) is 17.7 Å². The molecule has 0 aliphatic carbocycles. The van der Waals surface area contributed by atoms with Crippen LogP contribution in [0.3, 0.4) is 0 Å². The minimum absolute atomic E-state index is 0.376. The second-order valence-corrected chi connectivity index (χ2v) is 5.64. The number of furan rings is 1. The number of aliphatic imine (C=N–C) groups is 1. The van der Waals surface area contributed by atoms with Gasteiger partial charge in [0.15, 0.2) is 5.96 Å². The lowest BCUT2D eigenvalue weighted by molar-refractivity contribution is 0.375. The van der Waals surface area contributed by atoms with Crippen molar-refractivity contribution in [3.05, 3.63) is 59.3 Å². The van der Waals surface area contributed by atoms with E-state index >= 15 is 0 Å². The van der Waals surface area contributed by atoms with Crippen molar-refractivity contribution in [2.45, 2.75) is 13.0 Å². The Morgan fingerprint density at radius 1 is 1.20 bits per heavy atom. The SMILES string of the molecule is CN=C(NCCc1ccco1)NCc1nc(-c2ccc(Cl)cc2)no1. The fourth-order valence-corrected chi connectivity index (χ4v) is 2.31. The largest absolute Gasteiger partial charge is 0.469 e. The maximum atomic E-state index is 5.88. The molecule has 1 aromatic carbocycles. The zero-order valence-electron chi connectivity index (χ0n) is 13.7. The van der Waals surface area contributed by atoms with E-state index in [1.807, 2.05) is 24.3 Å². The molecule has 0 radical (unpaired) electrons. The first-order valence-electron chi connectivity index (χ1n) is 7.80. The summed E-state index contributed by atoms with van der Waals surface area (Å²) in [5, 5.41) is 11.0. The third kappa shape index (κ3) is 4.84. The van der Waals surface area contributed by atoms with Crippen molar-refractivity contribution in [1.29, 1.82) is 0 Å². The molecule has 0 aliphatic heterocycles. The minimum Gasteiger partial charge on any atom is -0.469 e. The molecule has 2 heterocycles. The second kappa shape index (κ2) is 8.34. The topological polar surface area (TPSA) is 88.5 Å². The van der Waals surface area contributed by atoms with Crippen molar-refractivity contribution in [1.82, 2.24) is 20.8 Å². The Labute approximate surface area is 150 Å². The Kier molecular flexibility index (Phi) is 5.69. The third-order valence-corrected chi connectivity index (χ3v) is 3.70. The molecule has 25 heavy (non-hydrogen) atoms. The van der Waals surface area contributed by atoms with Gasteiger partial charge >= 0.3 is 0 Å². The Bertz CT molecular complexity index is 812. The molecule has 0 atom stereocenters. The highest BCUT2D eigenvalue weighted by molar-refractivity contribution is 6.30. The van der Waals surface area contributed by atoms with Gasteiger partial charge < -0.3 is 19.6 Å². The van der Waals surface area contributed by atoms with Crippen LogP contribution in [0.15, 0.2) is 56.6 Å². The van der Waals surface area contributed by atoms with Gasteiger partial charge in [-0.15, -0.1) is 0 Å². The molecule has 2 N–H and O–H groups in total. The van der Waals surface area contributed by atoms with Crippen LogP contribution in [0.1, 0.15) is 11.7 Å². The predicted molar refractivity (Wildman–Crippen MR) is 95.4 cm³/mol. The first-order valence-corrected chi connectivity index (χ1v) is 8.18. The lowest BCUT2D eigenvalue weighted by atomic mass is 10.2. The molecule has 0 fully saturated rings. The van der Waals surface area contributed by atoms with Gasteiger partial charge in [0.2, 0.25) is 11.7 Å². The van der Waals surface area contributed by atoms with Gasteiger partial charge in [0, 0.05) is 30.6 Å². The maximum Gasteiger partial charge on any atom is 0.246 e. The Morgan fingerprint density at radius 2 is 2.04 bits per heavy atom. The first-order chi connectivity index (χ1) is 12.2. The molecular formula is C17H18ClN5O2. The molecule has 0 spiro atoms. The fraction of sp³-hybridized carbons (Fsp3) is 0.235. The molecule has 0 amide bonds. The lowest BCUT2D eigenvalue weighted by Gasteiger charge is -2.09. The summed E-state index contributed by atoms with van der Waals surface area (Å²) in [6.07, 6.45) is 2.44. The summed E-state index contributed by atoms with van der Waals surface area (Å²) in [4.78, 5) is 8.51. The number of guanidine groups is 1. The van der Waals surface area contributed by atoms with Crippen molar-refractivity contribution in [2.75, 3.05) is 13.6 Å². The van der Waals surface area contributed by atoms with Gasteiger partial charge in [0.25, 0.3) is 0 Å². The average Bonchev–Trinajstić information content (AvgIpc) is 3.30. The fourth-order valence-electron chi connectivity index (χ4n) is 2.18. The van der Waals surface area contributed by atoms with Crippen LogP contribution in [-0.2, 0) is 13.0 Å². The normalized spacial score (nSPS) is 11.5. The molecule has 0 saturated carbocycles. The van der Waals surface area contributed by atoms with Crippen LogP contribution in [0, 0.1) is 0 Å². The zero-order chi connectivity index (χ0) is 17.5. The Morgan fingerprint density at radius 3 is 2.76 bits per heavy atom. The van der Waals surface area contributed by atoms with Gasteiger partial charge in [-0.3, -0.25) is 4.99 Å². The standard InChI is InChI=1S/C17H18ClN5O2/c1-19-17(20-9-8-14-3-2-10-24-14)21-11-15-22-16(23-25-15)12-4-6-13(18)7-5-12/h2-7,10H,8-9,11H2,1H3,(H2,19,20,21). The smallest absolute Gasteiger partial charge is 0.246 e. The molecule has 0 unspecified atom stereocenters. The number of hydrogen-bond donors (Lipinski definition) is 2. The van der Waals surface area contributed by atoms with Crippen LogP contribution in [0.5, 0.6) is 0 Å². The van der Waals surface area contributed by atoms with Crippen LogP contribution in [0.4, 0.5) is 0 Å². The van der Waals surface area contributed by atoms with Gasteiger partial charge in [-0.25, -0.2) is 0 Å². The number of hydrogen-bond acceptors (Lipinski definition) is 5. The summed E-state index contributed by atoms with van der Waals surface area (Å²) in [6.45, 7) is 1.08. The van der Waals surface area contributed by atoms with Crippen molar-refractivity contribution >= 4 is 17.6 Å². The van der Waals surface area contributed by atoms with E-state index in [-0.39, 0.29) is 0 Å². The molecule has 3 rings (SSSR count). The van der Waals surface area contributed by atoms with Gasteiger partial charge in [0.05, 0.1) is 12.8 Å². The van der Waals surface area contributed by atoms with Crippen LogP contribution in [0.25, 0.3) is 11.4 Å². The van der Waals surface area contributed by atoms with E-state index in [9.17, 15) is 0 Å². The Balaban J connectivity index is 1.49. The number of benzene rings is 1. The predicted octanol–water partition coefficient (Wildman–Crippen LogP) is 2.89. The molecule has 130 valence electrons. The molecule has 2 aromatic heterocycles. The molecule has 0 saturated heterocycles. The van der Waals surface area contributed by atoms with E-state index in [0.29, 0.717) is 35.8 Å². The molecule has 8 heteroatoms.